The molecule has 0 unspecified atom stereocenters. The van der Waals surface area contributed by atoms with Crippen LogP contribution in [0.1, 0.15) is 34.1 Å². The molecule has 0 bridgehead atoms. The largest absolute Gasteiger partial charge is 0.321 e. The molecule has 0 aliphatic carbocycles. The predicted molar refractivity (Wildman–Crippen MR) is 136 cm³/mol. The number of nitrogens with one attached hydrogen (secondary N) is 1. The molecule has 1 N–H and O–H groups in total. The molecule has 4 nitrogen and oxygen atoms in total. The zero-order valence-electron chi connectivity index (χ0n) is 18.9. The van der Waals surface area contributed by atoms with E-state index in [0.717, 1.165) is 34.6 Å². The molecule has 1 aromatic heterocycles. The number of anilines is 1. The molecule has 4 rings (SSSR count). The lowest BCUT2D eigenvalue weighted by atomic mass is 10.0. The van der Waals surface area contributed by atoms with Crippen molar-refractivity contribution in [3.05, 3.63) is 116 Å². The van der Waals surface area contributed by atoms with Crippen LogP contribution in [0, 0.1) is 13.8 Å². The molecule has 0 radical (unpaired) electrons. The summed E-state index contributed by atoms with van der Waals surface area (Å²) >= 11 is 6.31. The maximum absolute atomic E-state index is 13.7. The first-order valence-corrected chi connectivity index (χ1v) is 11.3. The number of nitrogens with zero attached hydrogens (tertiary/aromatic N) is 1. The van der Waals surface area contributed by atoms with Crippen LogP contribution >= 0.6 is 11.6 Å². The summed E-state index contributed by atoms with van der Waals surface area (Å²) in [6.45, 7) is 5.85. The van der Waals surface area contributed by atoms with Gasteiger partial charge in [0, 0.05) is 33.7 Å². The van der Waals surface area contributed by atoms with Crippen LogP contribution in [0.15, 0.2) is 83.7 Å². The summed E-state index contributed by atoms with van der Waals surface area (Å²) in [6, 6.07) is 24.3. The zero-order valence-corrected chi connectivity index (χ0v) is 19.6. The first-order chi connectivity index (χ1) is 15.9. The van der Waals surface area contributed by atoms with Gasteiger partial charge in [-0.15, -0.1) is 0 Å². The van der Waals surface area contributed by atoms with E-state index in [-0.39, 0.29) is 11.0 Å². The van der Waals surface area contributed by atoms with Crippen LogP contribution in [0.2, 0.25) is 5.02 Å². The van der Waals surface area contributed by atoms with Gasteiger partial charge in [-0.2, -0.15) is 0 Å². The predicted octanol–water partition coefficient (Wildman–Crippen LogP) is 6.59. The molecule has 0 aliphatic heterocycles. The summed E-state index contributed by atoms with van der Waals surface area (Å²) in [5, 5.41) is 3.55. The monoisotopic (exact) mass is 456 g/mol. The first kappa shape index (κ1) is 22.6. The van der Waals surface area contributed by atoms with Crippen molar-refractivity contribution in [2.24, 2.45) is 0 Å². The Morgan fingerprint density at radius 1 is 0.939 bits per heavy atom. The number of rotatable bonds is 5. The quantitative estimate of drug-likeness (QED) is 0.368. The van der Waals surface area contributed by atoms with Gasteiger partial charge >= 0.3 is 0 Å². The molecule has 0 saturated carbocycles. The van der Waals surface area contributed by atoms with Crippen LogP contribution in [0.4, 0.5) is 5.69 Å². The lowest BCUT2D eigenvalue weighted by molar-refractivity contribution is 0.102. The number of hydrogen-bond acceptors (Lipinski definition) is 2. The van der Waals surface area contributed by atoms with Crippen molar-refractivity contribution in [2.45, 2.75) is 27.2 Å². The Labute approximate surface area is 198 Å². The molecule has 166 valence electrons. The van der Waals surface area contributed by atoms with Crippen molar-refractivity contribution in [1.82, 2.24) is 4.57 Å². The van der Waals surface area contributed by atoms with Crippen LogP contribution in [0.5, 0.6) is 0 Å². The van der Waals surface area contributed by atoms with Gasteiger partial charge in [0.1, 0.15) is 5.56 Å². The van der Waals surface area contributed by atoms with E-state index in [9.17, 15) is 9.59 Å². The maximum atomic E-state index is 13.7. The summed E-state index contributed by atoms with van der Waals surface area (Å²) in [5.74, 6) is -0.441. The first-order valence-electron chi connectivity index (χ1n) is 10.9. The summed E-state index contributed by atoms with van der Waals surface area (Å²) in [7, 11) is 0. The topological polar surface area (TPSA) is 51.1 Å². The molecule has 3 aromatic carbocycles. The van der Waals surface area contributed by atoms with E-state index < -0.39 is 5.91 Å². The van der Waals surface area contributed by atoms with Gasteiger partial charge in [0.15, 0.2) is 5.43 Å². The number of pyridine rings is 1. The molecule has 0 aliphatic rings. The van der Waals surface area contributed by atoms with Crippen molar-refractivity contribution in [3.8, 4) is 16.9 Å². The van der Waals surface area contributed by atoms with E-state index in [1.54, 1.807) is 12.1 Å². The van der Waals surface area contributed by atoms with E-state index in [0.29, 0.717) is 16.3 Å². The summed E-state index contributed by atoms with van der Waals surface area (Å²) in [5.41, 5.74) is 5.23. The smallest absolute Gasteiger partial charge is 0.261 e. The molecule has 0 saturated heterocycles. The van der Waals surface area contributed by atoms with Gasteiger partial charge in [0.2, 0.25) is 0 Å². The Hall–Kier alpha value is -3.63. The van der Waals surface area contributed by atoms with E-state index in [4.69, 9.17) is 11.6 Å². The Morgan fingerprint density at radius 2 is 1.67 bits per heavy atom. The number of hydrogen-bond donors (Lipinski definition) is 1. The molecule has 0 spiro atoms. The highest BCUT2D eigenvalue weighted by molar-refractivity contribution is 6.30. The number of carbonyl (C=O) groups excluding carboxylic acids is 1. The van der Waals surface area contributed by atoms with E-state index in [1.165, 1.54) is 6.07 Å². The maximum Gasteiger partial charge on any atom is 0.261 e. The molecule has 5 heteroatoms. The Balaban J connectivity index is 1.99. The van der Waals surface area contributed by atoms with Crippen LogP contribution in [-0.4, -0.2) is 10.5 Å². The molecule has 0 fully saturated rings. The Morgan fingerprint density at radius 3 is 2.36 bits per heavy atom. The summed E-state index contributed by atoms with van der Waals surface area (Å²) in [4.78, 5) is 26.9. The van der Waals surface area contributed by atoms with Gasteiger partial charge < -0.3 is 9.88 Å². The van der Waals surface area contributed by atoms with Gasteiger partial charge in [-0.3, -0.25) is 9.59 Å². The van der Waals surface area contributed by atoms with Crippen LogP contribution in [0.25, 0.3) is 16.9 Å². The third-order valence-corrected chi connectivity index (χ3v) is 5.95. The minimum atomic E-state index is -0.441. The van der Waals surface area contributed by atoms with E-state index in [1.807, 2.05) is 86.0 Å². The van der Waals surface area contributed by atoms with Crippen molar-refractivity contribution in [2.75, 3.05) is 5.32 Å². The highest BCUT2D eigenvalue weighted by Crippen LogP contribution is 2.30. The van der Waals surface area contributed by atoms with Crippen molar-refractivity contribution >= 4 is 23.2 Å². The second kappa shape index (κ2) is 9.47. The van der Waals surface area contributed by atoms with Gasteiger partial charge in [-0.1, -0.05) is 67.1 Å². The number of amides is 1. The van der Waals surface area contributed by atoms with E-state index >= 15 is 0 Å². The van der Waals surface area contributed by atoms with Gasteiger partial charge in [0.25, 0.3) is 5.91 Å². The number of aryl methyl sites for hydroxylation is 3. The molecule has 33 heavy (non-hydrogen) atoms. The van der Waals surface area contributed by atoms with Gasteiger partial charge in [0.05, 0.1) is 5.69 Å². The normalized spacial score (nSPS) is 10.8. The molecule has 0 atom stereocenters. The molecule has 1 amide bonds. The summed E-state index contributed by atoms with van der Waals surface area (Å²) < 4.78 is 1.93. The average molecular weight is 457 g/mol. The van der Waals surface area contributed by atoms with Crippen molar-refractivity contribution in [3.63, 3.8) is 0 Å². The fraction of sp³-hybridized carbons (Fsp3) is 0.143. The third kappa shape index (κ3) is 4.48. The Kier molecular flexibility index (Phi) is 6.47. The number of benzene rings is 3. The number of halogens is 1. The third-order valence-electron chi connectivity index (χ3n) is 5.72. The SMILES string of the molecule is CCc1cccc(C)c1NC(=O)c1c(-c2cccc(Cl)c2)n(-c2ccccc2)c(C)cc1=O. The number of aromatic nitrogens is 1. The van der Waals surface area contributed by atoms with Crippen LogP contribution in [-0.2, 0) is 6.42 Å². The van der Waals surface area contributed by atoms with Gasteiger partial charge in [-0.25, -0.2) is 0 Å². The lowest BCUT2D eigenvalue weighted by Gasteiger charge is -2.21. The summed E-state index contributed by atoms with van der Waals surface area (Å²) in [6.07, 6.45) is 0.764. The second-order valence-corrected chi connectivity index (χ2v) is 8.41. The fourth-order valence-corrected chi connectivity index (χ4v) is 4.34. The number of carbonyl (C=O) groups is 1. The fourth-order valence-electron chi connectivity index (χ4n) is 4.15. The van der Waals surface area contributed by atoms with Gasteiger partial charge in [-0.05, 0) is 55.7 Å². The van der Waals surface area contributed by atoms with Crippen molar-refractivity contribution in [1.29, 1.82) is 0 Å². The van der Waals surface area contributed by atoms with Crippen LogP contribution in [0.3, 0.4) is 0 Å². The minimum Gasteiger partial charge on any atom is -0.321 e. The molecule has 1 heterocycles. The molecular weight excluding hydrogens is 432 g/mol. The minimum absolute atomic E-state index is 0.0806. The van der Waals surface area contributed by atoms with E-state index in [2.05, 4.69) is 5.32 Å². The lowest BCUT2D eigenvalue weighted by Crippen LogP contribution is -2.26. The highest BCUT2D eigenvalue weighted by atomic mass is 35.5. The zero-order chi connectivity index (χ0) is 23.5. The standard InChI is InChI=1S/C28H25ClN2O2/c1-4-20-11-8-10-18(2)26(20)30-28(33)25-24(32)16-19(3)31(23-14-6-5-7-15-23)27(25)21-12-9-13-22(29)17-21/h5-17H,4H2,1-3H3,(H,30,33). The Bertz CT molecular complexity index is 1390. The highest BCUT2D eigenvalue weighted by Gasteiger charge is 2.23. The van der Waals surface area contributed by atoms with Crippen molar-refractivity contribution < 1.29 is 4.79 Å². The average Bonchev–Trinajstić information content (AvgIpc) is 2.80. The second-order valence-electron chi connectivity index (χ2n) is 7.97. The molecule has 4 aromatic rings. The number of para-hydroxylation sites is 2. The molecular formula is C28H25ClN2O2. The van der Waals surface area contributed by atoms with Crippen LogP contribution < -0.4 is 10.7 Å².